The van der Waals surface area contributed by atoms with Crippen molar-refractivity contribution in [1.29, 1.82) is 0 Å². The van der Waals surface area contributed by atoms with Crippen molar-refractivity contribution in [1.82, 2.24) is 9.55 Å². The average molecular weight is 598 g/mol. The van der Waals surface area contributed by atoms with Gasteiger partial charge in [-0.25, -0.2) is 4.90 Å². The number of rotatable bonds is 5. The zero-order chi connectivity index (χ0) is 27.3. The lowest BCUT2D eigenvalue weighted by Crippen LogP contribution is -2.33. The van der Waals surface area contributed by atoms with Gasteiger partial charge in [-0.2, -0.15) is 0 Å². The molecule has 0 bridgehead atoms. The molecule has 0 saturated carbocycles. The summed E-state index contributed by atoms with van der Waals surface area (Å²) in [5.41, 5.74) is 1.68. The molecule has 2 unspecified atom stereocenters. The van der Waals surface area contributed by atoms with E-state index in [1.807, 2.05) is 6.07 Å². The van der Waals surface area contributed by atoms with Gasteiger partial charge in [0.05, 0.1) is 16.6 Å². The van der Waals surface area contributed by atoms with Gasteiger partial charge in [-0.05, 0) is 60.2 Å². The van der Waals surface area contributed by atoms with Crippen molar-refractivity contribution in [2.45, 2.75) is 22.7 Å². The predicted octanol–water partition coefficient (Wildman–Crippen LogP) is 5.05. The van der Waals surface area contributed by atoms with Gasteiger partial charge >= 0.3 is 4.87 Å². The van der Waals surface area contributed by atoms with E-state index in [1.54, 1.807) is 67.0 Å². The number of amides is 3. The predicted molar refractivity (Wildman–Crippen MR) is 152 cm³/mol. The van der Waals surface area contributed by atoms with Gasteiger partial charge < -0.3 is 5.32 Å². The van der Waals surface area contributed by atoms with Gasteiger partial charge in [0, 0.05) is 38.9 Å². The van der Waals surface area contributed by atoms with Crippen LogP contribution in [0.2, 0.25) is 10.0 Å². The Bertz CT molecular complexity index is 1660. The lowest BCUT2D eigenvalue weighted by Gasteiger charge is -2.30. The molecule has 12 heteroatoms. The number of nitrogens with one attached hydrogen (secondary N) is 1. The Kier molecular flexibility index (Phi) is 6.80. The Balaban J connectivity index is 1.39. The second-order valence-electron chi connectivity index (χ2n) is 9.00. The van der Waals surface area contributed by atoms with E-state index in [2.05, 4.69) is 10.3 Å². The maximum absolute atomic E-state index is 13.8. The number of fused-ring (bicyclic) bond motifs is 2. The average Bonchev–Trinajstić information content (AvgIpc) is 3.37. The summed E-state index contributed by atoms with van der Waals surface area (Å²) in [5, 5.41) is 3.51. The van der Waals surface area contributed by atoms with Crippen molar-refractivity contribution in [3.8, 4) is 0 Å². The molecule has 6 rings (SSSR count). The molecule has 0 radical (unpaired) electrons. The molecule has 2 aliphatic heterocycles. The smallest absolute Gasteiger partial charge is 0.308 e. The Morgan fingerprint density at radius 2 is 1.64 bits per heavy atom. The zero-order valence-electron chi connectivity index (χ0n) is 19.9. The number of carbonyl (C=O) groups excluding carboxylic acids is 3. The molecule has 39 heavy (non-hydrogen) atoms. The van der Waals surface area contributed by atoms with E-state index in [4.69, 9.17) is 23.2 Å². The fourth-order valence-electron chi connectivity index (χ4n) is 4.90. The van der Waals surface area contributed by atoms with Gasteiger partial charge in [0.2, 0.25) is 17.7 Å². The molecule has 2 aromatic heterocycles. The summed E-state index contributed by atoms with van der Waals surface area (Å²) in [6.07, 6.45) is 3.27. The summed E-state index contributed by atoms with van der Waals surface area (Å²) in [6, 6.07) is 16.7. The highest BCUT2D eigenvalue weighted by Gasteiger charge is 2.56. The number of pyridine rings is 1. The maximum Gasteiger partial charge on any atom is 0.308 e. The molecule has 3 amide bonds. The van der Waals surface area contributed by atoms with Gasteiger partial charge in [-0.3, -0.25) is 28.7 Å². The number of carbonyl (C=O) groups is 3. The Morgan fingerprint density at radius 3 is 2.31 bits per heavy atom. The minimum absolute atomic E-state index is 0.250. The van der Waals surface area contributed by atoms with Crippen LogP contribution in [0.5, 0.6) is 0 Å². The number of aromatic nitrogens is 2. The van der Waals surface area contributed by atoms with Crippen molar-refractivity contribution < 1.29 is 14.4 Å². The first-order chi connectivity index (χ1) is 18.8. The molecule has 3 atom stereocenters. The lowest BCUT2D eigenvalue weighted by molar-refractivity contribution is -0.122. The van der Waals surface area contributed by atoms with Crippen LogP contribution in [0.4, 0.5) is 11.4 Å². The first kappa shape index (κ1) is 25.8. The fraction of sp³-hybridized carbons (Fsp3) is 0.148. The van der Waals surface area contributed by atoms with Crippen LogP contribution in [0.15, 0.2) is 82.9 Å². The van der Waals surface area contributed by atoms with Crippen molar-refractivity contribution >= 4 is 75.4 Å². The number of imide groups is 1. The van der Waals surface area contributed by atoms with E-state index in [0.717, 1.165) is 23.1 Å². The van der Waals surface area contributed by atoms with Gasteiger partial charge in [0.1, 0.15) is 11.8 Å². The normalized spacial score (nSPS) is 20.1. The second kappa shape index (κ2) is 10.3. The monoisotopic (exact) mass is 596 g/mol. The van der Waals surface area contributed by atoms with E-state index in [-0.39, 0.29) is 23.2 Å². The SMILES string of the molecule is O=C(Cn1c2c(sc1=O)[C@@H](c1cccnc1)C1C(=O)N(c3ccc(Cl)cc3)C(=O)C1S2)Nc1ccc(Cl)cc1. The van der Waals surface area contributed by atoms with E-state index in [1.165, 1.54) is 9.47 Å². The van der Waals surface area contributed by atoms with Gasteiger partial charge in [-0.15, -0.1) is 0 Å². The van der Waals surface area contributed by atoms with E-state index in [0.29, 0.717) is 36.9 Å². The quantitative estimate of drug-likeness (QED) is 0.324. The summed E-state index contributed by atoms with van der Waals surface area (Å²) in [5.74, 6) is -2.46. The van der Waals surface area contributed by atoms with Crippen LogP contribution < -0.4 is 15.1 Å². The van der Waals surface area contributed by atoms with Crippen molar-refractivity contribution in [2.24, 2.45) is 5.92 Å². The number of thioether (sulfide) groups is 1. The highest BCUT2D eigenvalue weighted by molar-refractivity contribution is 8.00. The highest BCUT2D eigenvalue weighted by atomic mass is 35.5. The summed E-state index contributed by atoms with van der Waals surface area (Å²) < 4.78 is 1.37. The minimum Gasteiger partial charge on any atom is -0.325 e. The van der Waals surface area contributed by atoms with Gasteiger partial charge in [0.15, 0.2) is 0 Å². The first-order valence-electron chi connectivity index (χ1n) is 11.8. The van der Waals surface area contributed by atoms with Crippen LogP contribution in [0.25, 0.3) is 0 Å². The number of nitrogens with zero attached hydrogens (tertiary/aromatic N) is 3. The van der Waals surface area contributed by atoms with Crippen LogP contribution in [0.1, 0.15) is 16.4 Å². The van der Waals surface area contributed by atoms with Gasteiger partial charge in [0.25, 0.3) is 0 Å². The third-order valence-corrected chi connectivity index (χ3v) is 9.72. The highest BCUT2D eigenvalue weighted by Crippen LogP contribution is 2.53. The molecule has 1 fully saturated rings. The number of hydrogen-bond donors (Lipinski definition) is 1. The summed E-state index contributed by atoms with van der Waals surface area (Å²) >= 11 is 14.1. The molecule has 2 aromatic carbocycles. The van der Waals surface area contributed by atoms with Crippen LogP contribution >= 0.6 is 46.3 Å². The summed E-state index contributed by atoms with van der Waals surface area (Å²) in [6.45, 7) is -0.250. The summed E-state index contributed by atoms with van der Waals surface area (Å²) in [7, 11) is 0. The number of halogens is 2. The number of hydrogen-bond acceptors (Lipinski definition) is 7. The minimum atomic E-state index is -0.787. The van der Waals surface area contributed by atoms with Crippen LogP contribution in [0, 0.1) is 5.92 Å². The molecular formula is C27H18Cl2N4O4S2. The maximum atomic E-state index is 13.8. The van der Waals surface area contributed by atoms with Crippen molar-refractivity contribution in [3.63, 3.8) is 0 Å². The zero-order valence-corrected chi connectivity index (χ0v) is 23.1. The van der Waals surface area contributed by atoms with Crippen molar-refractivity contribution in [3.05, 3.63) is 103 Å². The van der Waals surface area contributed by atoms with Crippen LogP contribution in [-0.4, -0.2) is 32.5 Å². The molecule has 1 N–H and O–H groups in total. The van der Waals surface area contributed by atoms with Crippen LogP contribution in [0.3, 0.4) is 0 Å². The van der Waals surface area contributed by atoms with E-state index >= 15 is 0 Å². The van der Waals surface area contributed by atoms with Gasteiger partial charge in [-0.1, -0.05) is 52.4 Å². The third-order valence-electron chi connectivity index (χ3n) is 6.61. The molecular weight excluding hydrogens is 579 g/mol. The summed E-state index contributed by atoms with van der Waals surface area (Å²) in [4.78, 5) is 59.3. The molecule has 0 aliphatic carbocycles. The number of benzene rings is 2. The Morgan fingerprint density at radius 1 is 0.949 bits per heavy atom. The standard InChI is InChI=1S/C27H18Cl2N4O4S2/c28-15-3-7-17(8-4-15)31-19(34)13-32-26-23(39-27(32)37)20(14-2-1-11-30-12-14)21-22(38-26)25(36)33(24(21)35)18-9-5-16(29)6-10-18/h1-12,20-22H,13H2,(H,31,34)/t20-,21?,22?/m0/s1. The van der Waals surface area contributed by atoms with E-state index in [9.17, 15) is 19.2 Å². The molecule has 4 heterocycles. The molecule has 1 saturated heterocycles. The van der Waals surface area contributed by atoms with Crippen molar-refractivity contribution in [2.75, 3.05) is 10.2 Å². The van der Waals surface area contributed by atoms with Crippen LogP contribution in [-0.2, 0) is 20.9 Å². The molecule has 4 aromatic rings. The Labute approximate surface area is 240 Å². The number of anilines is 2. The Hall–Kier alpha value is -3.44. The first-order valence-corrected chi connectivity index (χ1v) is 14.3. The van der Waals surface area contributed by atoms with E-state index < -0.39 is 23.0 Å². The molecule has 0 spiro atoms. The fourth-order valence-corrected chi connectivity index (χ4v) is 7.92. The lowest BCUT2D eigenvalue weighted by atomic mass is 9.84. The topological polar surface area (TPSA) is 101 Å². The largest absolute Gasteiger partial charge is 0.325 e. The number of thiazole rings is 1. The molecule has 8 nitrogen and oxygen atoms in total. The second-order valence-corrected chi connectivity index (χ2v) is 12.0. The molecule has 2 aliphatic rings. The molecule has 196 valence electrons. The third kappa shape index (κ3) is 4.67.